The smallest absolute Gasteiger partial charge is 0.167 e. The Morgan fingerprint density at radius 2 is 0.767 bits per heavy atom. The molecule has 0 N–H and O–H groups in total. The van der Waals surface area contributed by atoms with Crippen LogP contribution >= 0.6 is 0 Å². The first-order chi connectivity index (χ1) is 21.3. The molecule has 0 bridgehead atoms. The van der Waals surface area contributed by atoms with E-state index in [9.17, 15) is 0 Å². The van der Waals surface area contributed by atoms with Crippen LogP contribution in [0.5, 0.6) is 0 Å². The molecule has 0 fully saturated rings. The maximum atomic E-state index is 6.33. The zero-order chi connectivity index (χ0) is 28.6. The Balaban J connectivity index is 1.21. The quantitative estimate of drug-likeness (QED) is 0.214. The van der Waals surface area contributed by atoms with Gasteiger partial charge in [-0.3, -0.25) is 0 Å². The van der Waals surface area contributed by atoms with Gasteiger partial charge in [0.1, 0.15) is 11.2 Å². The Labute approximate surface area is 249 Å². The van der Waals surface area contributed by atoms with Crippen molar-refractivity contribution in [3.63, 3.8) is 0 Å². The molecule has 0 saturated heterocycles. The fourth-order valence-electron chi connectivity index (χ4n) is 5.56. The molecule has 2 aromatic heterocycles. The summed E-state index contributed by atoms with van der Waals surface area (Å²) in [5, 5.41) is 2.11. The number of para-hydroxylation sites is 2. The Bertz CT molecular complexity index is 2200. The maximum absolute atomic E-state index is 6.33. The molecule has 0 spiro atoms. The summed E-state index contributed by atoms with van der Waals surface area (Å²) in [6.07, 6.45) is 0. The van der Waals surface area contributed by atoms with Gasteiger partial charge in [-0.15, -0.1) is 0 Å². The van der Waals surface area contributed by atoms with Crippen LogP contribution in [-0.2, 0) is 0 Å². The van der Waals surface area contributed by atoms with E-state index in [1.165, 1.54) is 11.1 Å². The van der Waals surface area contributed by atoms with Gasteiger partial charge in [-0.1, -0.05) is 140 Å². The van der Waals surface area contributed by atoms with Gasteiger partial charge in [0.25, 0.3) is 0 Å². The van der Waals surface area contributed by atoms with Crippen molar-refractivity contribution in [3.05, 3.63) is 152 Å². The van der Waals surface area contributed by atoms with Crippen LogP contribution < -0.4 is 0 Å². The molecule has 0 saturated carbocycles. The molecule has 0 unspecified atom stereocenters. The maximum Gasteiger partial charge on any atom is 0.167 e. The minimum Gasteiger partial charge on any atom is -0.455 e. The normalized spacial score (nSPS) is 11.3. The predicted molar refractivity (Wildman–Crippen MR) is 174 cm³/mol. The summed E-state index contributed by atoms with van der Waals surface area (Å²) in [5.41, 5.74) is 9.00. The molecular weight excluding hydrogens is 526 g/mol. The number of fused-ring (bicyclic) bond motifs is 3. The van der Waals surface area contributed by atoms with E-state index in [2.05, 4.69) is 84.9 Å². The average Bonchev–Trinajstić information content (AvgIpc) is 3.48. The van der Waals surface area contributed by atoms with Crippen LogP contribution in [-0.4, -0.2) is 15.0 Å². The van der Waals surface area contributed by atoms with E-state index in [1.807, 2.05) is 66.7 Å². The van der Waals surface area contributed by atoms with Gasteiger partial charge in [-0.2, -0.15) is 0 Å². The molecule has 0 amide bonds. The Morgan fingerprint density at radius 1 is 0.326 bits per heavy atom. The standard InChI is InChI=1S/C39H25N3O/c1-3-10-26(11-4-1)27-18-20-28(21-19-27)29-22-24-31(25-23-29)38-40-37(30-12-5-2-6-13-30)41-39(42-38)34-16-9-15-33-32-14-7-8-17-35(32)43-36(33)34/h1-25H. The molecule has 0 aliphatic carbocycles. The lowest BCUT2D eigenvalue weighted by Crippen LogP contribution is -2.00. The summed E-state index contributed by atoms with van der Waals surface area (Å²) in [6, 6.07) is 51.7. The molecule has 0 radical (unpaired) electrons. The van der Waals surface area contributed by atoms with E-state index < -0.39 is 0 Å². The molecule has 43 heavy (non-hydrogen) atoms. The van der Waals surface area contributed by atoms with Crippen LogP contribution in [0.4, 0.5) is 0 Å². The van der Waals surface area contributed by atoms with E-state index in [1.54, 1.807) is 0 Å². The van der Waals surface area contributed by atoms with Crippen molar-refractivity contribution in [1.82, 2.24) is 15.0 Å². The summed E-state index contributed by atoms with van der Waals surface area (Å²) in [4.78, 5) is 14.8. The van der Waals surface area contributed by atoms with Crippen molar-refractivity contribution in [1.29, 1.82) is 0 Å². The molecule has 8 rings (SSSR count). The van der Waals surface area contributed by atoms with E-state index in [0.29, 0.717) is 17.5 Å². The summed E-state index contributed by atoms with van der Waals surface area (Å²) in [7, 11) is 0. The van der Waals surface area contributed by atoms with Gasteiger partial charge >= 0.3 is 0 Å². The van der Waals surface area contributed by atoms with Gasteiger partial charge in [0.2, 0.25) is 0 Å². The van der Waals surface area contributed by atoms with Gasteiger partial charge < -0.3 is 4.42 Å². The van der Waals surface area contributed by atoms with Crippen molar-refractivity contribution >= 4 is 21.9 Å². The van der Waals surface area contributed by atoms with Gasteiger partial charge in [0, 0.05) is 21.9 Å². The molecule has 0 aliphatic rings. The van der Waals surface area contributed by atoms with Crippen molar-refractivity contribution in [2.45, 2.75) is 0 Å². The lowest BCUT2D eigenvalue weighted by molar-refractivity contribution is 0.669. The molecule has 0 aliphatic heterocycles. The lowest BCUT2D eigenvalue weighted by Gasteiger charge is -2.10. The molecule has 6 aromatic carbocycles. The first kappa shape index (κ1) is 24.9. The second-order valence-corrected chi connectivity index (χ2v) is 10.5. The van der Waals surface area contributed by atoms with E-state index >= 15 is 0 Å². The first-order valence-electron chi connectivity index (χ1n) is 14.3. The highest BCUT2D eigenvalue weighted by atomic mass is 16.3. The third-order valence-corrected chi connectivity index (χ3v) is 7.78. The summed E-state index contributed by atoms with van der Waals surface area (Å²) in [6.45, 7) is 0. The number of hydrogen-bond acceptors (Lipinski definition) is 4. The first-order valence-corrected chi connectivity index (χ1v) is 14.3. The molecular formula is C39H25N3O. The van der Waals surface area contributed by atoms with Crippen LogP contribution in [0.15, 0.2) is 156 Å². The molecule has 202 valence electrons. The van der Waals surface area contributed by atoms with Gasteiger partial charge in [0.15, 0.2) is 17.5 Å². The highest BCUT2D eigenvalue weighted by Crippen LogP contribution is 2.36. The molecule has 2 heterocycles. The highest BCUT2D eigenvalue weighted by Gasteiger charge is 2.17. The van der Waals surface area contributed by atoms with Crippen LogP contribution in [0.1, 0.15) is 0 Å². The number of benzene rings is 6. The number of rotatable bonds is 5. The van der Waals surface area contributed by atoms with Gasteiger partial charge in [0.05, 0.1) is 5.56 Å². The minimum atomic E-state index is 0.578. The van der Waals surface area contributed by atoms with E-state index in [4.69, 9.17) is 19.4 Å². The number of furan rings is 1. The summed E-state index contributed by atoms with van der Waals surface area (Å²) >= 11 is 0. The Kier molecular flexibility index (Phi) is 6.08. The summed E-state index contributed by atoms with van der Waals surface area (Å²) in [5.74, 6) is 1.81. The third kappa shape index (κ3) is 4.65. The topological polar surface area (TPSA) is 51.8 Å². The third-order valence-electron chi connectivity index (χ3n) is 7.78. The van der Waals surface area contributed by atoms with Crippen LogP contribution in [0.3, 0.4) is 0 Å². The molecule has 8 aromatic rings. The Morgan fingerprint density at radius 3 is 1.40 bits per heavy atom. The second-order valence-electron chi connectivity index (χ2n) is 10.5. The van der Waals surface area contributed by atoms with Crippen LogP contribution in [0.25, 0.3) is 78.4 Å². The average molecular weight is 552 g/mol. The highest BCUT2D eigenvalue weighted by molar-refractivity contribution is 6.09. The fraction of sp³-hybridized carbons (Fsp3) is 0. The lowest BCUT2D eigenvalue weighted by atomic mass is 9.99. The predicted octanol–water partition coefficient (Wildman–Crippen LogP) is 10.1. The fourth-order valence-corrected chi connectivity index (χ4v) is 5.56. The van der Waals surface area contributed by atoms with Crippen LogP contribution in [0.2, 0.25) is 0 Å². The number of hydrogen-bond donors (Lipinski definition) is 0. The van der Waals surface area contributed by atoms with Crippen molar-refractivity contribution < 1.29 is 4.42 Å². The zero-order valence-corrected chi connectivity index (χ0v) is 23.2. The molecule has 0 atom stereocenters. The van der Waals surface area contributed by atoms with Crippen molar-refractivity contribution in [2.24, 2.45) is 0 Å². The number of nitrogens with zero attached hydrogens (tertiary/aromatic N) is 3. The van der Waals surface area contributed by atoms with E-state index in [-0.39, 0.29) is 0 Å². The second kappa shape index (κ2) is 10.5. The SMILES string of the molecule is c1ccc(-c2ccc(-c3ccc(-c4nc(-c5ccccc5)nc(-c5cccc6c5oc5ccccc56)n4)cc3)cc2)cc1. The molecule has 4 heteroatoms. The van der Waals surface area contributed by atoms with Crippen LogP contribution in [0, 0.1) is 0 Å². The monoisotopic (exact) mass is 551 g/mol. The number of aromatic nitrogens is 3. The van der Waals surface area contributed by atoms with Gasteiger partial charge in [-0.05, 0) is 34.4 Å². The van der Waals surface area contributed by atoms with E-state index in [0.717, 1.165) is 49.8 Å². The summed E-state index contributed by atoms with van der Waals surface area (Å²) < 4.78 is 6.33. The van der Waals surface area contributed by atoms with Crippen molar-refractivity contribution in [3.8, 4) is 56.4 Å². The largest absolute Gasteiger partial charge is 0.455 e. The zero-order valence-electron chi connectivity index (χ0n) is 23.2. The van der Waals surface area contributed by atoms with Crippen molar-refractivity contribution in [2.75, 3.05) is 0 Å². The molecule has 4 nitrogen and oxygen atoms in total. The Hall–Kier alpha value is -5.87. The minimum absolute atomic E-state index is 0.578. The van der Waals surface area contributed by atoms with Gasteiger partial charge in [-0.25, -0.2) is 15.0 Å².